The molecule has 3 aromatic rings. The van der Waals surface area contributed by atoms with Crippen LogP contribution in [0.25, 0.3) is 0 Å². The summed E-state index contributed by atoms with van der Waals surface area (Å²) in [6.07, 6.45) is 7.89. The quantitative estimate of drug-likeness (QED) is 0.162. The highest BCUT2D eigenvalue weighted by Crippen LogP contribution is 2.24. The number of hydrogen-bond donors (Lipinski definition) is 4. The molecule has 0 aliphatic heterocycles. The van der Waals surface area contributed by atoms with Crippen LogP contribution in [0, 0.1) is 0 Å². The number of benzene rings is 2. The van der Waals surface area contributed by atoms with Crippen LogP contribution in [-0.2, 0) is 13.1 Å². The van der Waals surface area contributed by atoms with Gasteiger partial charge in [-0.3, -0.25) is 0 Å². The zero-order valence-electron chi connectivity index (χ0n) is 17.3. The first-order valence-corrected chi connectivity index (χ1v) is 9.61. The van der Waals surface area contributed by atoms with E-state index in [2.05, 4.69) is 15.5 Å². The Kier molecular flexibility index (Phi) is 10.3. The van der Waals surface area contributed by atoms with Gasteiger partial charge in [-0.05, 0) is 24.3 Å². The van der Waals surface area contributed by atoms with Crippen molar-refractivity contribution in [1.82, 2.24) is 4.57 Å². The smallest absolute Gasteiger partial charge is 0.243 e. The highest BCUT2D eigenvalue weighted by molar-refractivity contribution is 5.60. The summed E-state index contributed by atoms with van der Waals surface area (Å²) in [7, 11) is 0. The lowest BCUT2D eigenvalue weighted by Gasteiger charge is -2.09. The molecular weight excluding hydrogens is 420 g/mol. The van der Waals surface area contributed by atoms with Crippen LogP contribution in [0.4, 0.5) is 22.7 Å². The summed E-state index contributed by atoms with van der Waals surface area (Å²) in [6.45, 7) is 2.85. The number of ether oxygens (including phenoxy) is 2. The number of aromatic nitrogens is 2. The second-order valence-electron chi connectivity index (χ2n) is 6.89. The second kappa shape index (κ2) is 12.4. The molecule has 0 saturated heterocycles. The second-order valence-corrected chi connectivity index (χ2v) is 6.89. The van der Waals surface area contributed by atoms with E-state index in [4.69, 9.17) is 32.4 Å². The van der Waals surface area contributed by atoms with Crippen molar-refractivity contribution in [3.05, 3.63) is 55.1 Å². The van der Waals surface area contributed by atoms with E-state index in [-0.39, 0.29) is 17.9 Å². The Morgan fingerprint density at radius 1 is 0.806 bits per heavy atom. The summed E-state index contributed by atoms with van der Waals surface area (Å²) in [4.78, 5) is 0. The minimum absolute atomic E-state index is 0. The SMILES string of the molecule is Nc1ccc(N)c(OCCCn2cc[n+](CCCOc3cc(N)ccc3N)c2)c1.O.[Cl-]. The summed E-state index contributed by atoms with van der Waals surface area (Å²) >= 11 is 0. The van der Waals surface area contributed by atoms with E-state index in [1.165, 1.54) is 0 Å². The Morgan fingerprint density at radius 2 is 1.35 bits per heavy atom. The first-order valence-electron chi connectivity index (χ1n) is 9.61. The van der Waals surface area contributed by atoms with Crippen molar-refractivity contribution in [1.29, 1.82) is 0 Å². The van der Waals surface area contributed by atoms with Gasteiger partial charge in [0.1, 0.15) is 23.9 Å². The minimum atomic E-state index is 0. The number of nitrogen functional groups attached to an aromatic ring is 4. The van der Waals surface area contributed by atoms with E-state index in [1.54, 1.807) is 36.4 Å². The van der Waals surface area contributed by atoms with Crippen LogP contribution in [0.5, 0.6) is 11.5 Å². The van der Waals surface area contributed by atoms with Gasteiger partial charge in [0.2, 0.25) is 6.33 Å². The Labute approximate surface area is 188 Å². The van der Waals surface area contributed by atoms with Crippen LogP contribution >= 0.6 is 0 Å². The standard InChI is InChI=1S/C21H29N6O2.ClH.H2O/c22-16-3-5-18(24)20(13-16)28-11-1-7-26-9-10-27(15-26)8-2-12-29-21-14-17(23)4-6-19(21)25;;/h3-6,9-10,13-15H,1-2,7-8,11-12,22-25H2;1H;1H2/q+1;;/p-1. The van der Waals surface area contributed by atoms with E-state index in [9.17, 15) is 0 Å². The molecule has 1 heterocycles. The predicted octanol–water partition coefficient (Wildman–Crippen LogP) is -1.78. The Morgan fingerprint density at radius 3 is 1.94 bits per heavy atom. The molecule has 0 spiro atoms. The van der Waals surface area contributed by atoms with E-state index in [0.29, 0.717) is 47.5 Å². The maximum Gasteiger partial charge on any atom is 0.243 e. The molecule has 0 fully saturated rings. The van der Waals surface area contributed by atoms with Gasteiger partial charge in [0.15, 0.2) is 0 Å². The van der Waals surface area contributed by atoms with Crippen LogP contribution in [0.1, 0.15) is 12.8 Å². The Balaban J connectivity index is 0.00000240. The number of hydrogen-bond acceptors (Lipinski definition) is 6. The largest absolute Gasteiger partial charge is 1.00 e. The third-order valence-electron chi connectivity index (χ3n) is 4.46. The van der Waals surface area contributed by atoms with Crippen molar-refractivity contribution in [3.63, 3.8) is 0 Å². The van der Waals surface area contributed by atoms with Crippen LogP contribution < -0.4 is 49.4 Å². The molecule has 3 rings (SSSR count). The molecule has 10 heteroatoms. The Hall–Kier alpha value is -3.30. The number of halogens is 1. The zero-order chi connectivity index (χ0) is 20.6. The maximum atomic E-state index is 5.88. The number of rotatable bonds is 10. The van der Waals surface area contributed by atoms with Gasteiger partial charge < -0.3 is 50.3 Å². The van der Waals surface area contributed by atoms with Gasteiger partial charge in [0.05, 0.1) is 37.7 Å². The lowest BCUT2D eigenvalue weighted by molar-refractivity contribution is -0.696. The molecule has 1 aromatic heterocycles. The van der Waals surface area contributed by atoms with E-state index < -0.39 is 0 Å². The van der Waals surface area contributed by atoms with Crippen molar-refractivity contribution in [2.24, 2.45) is 0 Å². The average Bonchev–Trinajstić information content (AvgIpc) is 3.15. The van der Waals surface area contributed by atoms with Crippen LogP contribution in [0.2, 0.25) is 0 Å². The van der Waals surface area contributed by atoms with E-state index >= 15 is 0 Å². The fourth-order valence-electron chi connectivity index (χ4n) is 2.91. The van der Waals surface area contributed by atoms with Crippen molar-refractivity contribution < 1.29 is 31.9 Å². The average molecular weight is 451 g/mol. The molecule has 2 aromatic carbocycles. The first-order chi connectivity index (χ1) is 14.0. The molecule has 10 N–H and O–H groups in total. The number of nitrogens with two attached hydrogens (primary N) is 4. The third kappa shape index (κ3) is 7.80. The zero-order valence-corrected chi connectivity index (χ0v) is 18.1. The number of aryl methyl sites for hydroxylation is 2. The van der Waals surface area contributed by atoms with E-state index in [0.717, 1.165) is 25.9 Å². The first kappa shape index (κ1) is 25.7. The lowest BCUT2D eigenvalue weighted by Crippen LogP contribution is -3.00. The summed E-state index contributed by atoms with van der Waals surface area (Å²) < 4.78 is 15.7. The molecule has 0 radical (unpaired) electrons. The molecule has 0 atom stereocenters. The molecule has 170 valence electrons. The molecule has 0 unspecified atom stereocenters. The predicted molar refractivity (Wildman–Crippen MR) is 119 cm³/mol. The third-order valence-corrected chi connectivity index (χ3v) is 4.46. The van der Waals surface area contributed by atoms with Gasteiger partial charge in [-0.25, -0.2) is 9.13 Å². The fraction of sp³-hybridized carbons (Fsp3) is 0.286. The van der Waals surface area contributed by atoms with E-state index in [1.807, 2.05) is 12.4 Å². The highest BCUT2D eigenvalue weighted by atomic mass is 35.5. The summed E-state index contributed by atoms with van der Waals surface area (Å²) in [5, 5.41) is 0. The van der Waals surface area contributed by atoms with Gasteiger partial charge >= 0.3 is 0 Å². The van der Waals surface area contributed by atoms with Crippen molar-refractivity contribution in [3.8, 4) is 11.5 Å². The summed E-state index contributed by atoms with van der Waals surface area (Å²) in [5.74, 6) is 1.27. The number of imidazole rings is 1. The Bertz CT molecular complexity index is 877. The van der Waals surface area contributed by atoms with Gasteiger partial charge in [-0.15, -0.1) is 0 Å². The molecule has 31 heavy (non-hydrogen) atoms. The minimum Gasteiger partial charge on any atom is -1.00 e. The van der Waals surface area contributed by atoms with Gasteiger partial charge in [0.25, 0.3) is 0 Å². The molecule has 0 bridgehead atoms. The van der Waals surface area contributed by atoms with Crippen molar-refractivity contribution in [2.45, 2.75) is 25.9 Å². The van der Waals surface area contributed by atoms with Crippen LogP contribution in [0.3, 0.4) is 0 Å². The topological polar surface area (TPSA) is 163 Å². The monoisotopic (exact) mass is 450 g/mol. The summed E-state index contributed by atoms with van der Waals surface area (Å²) in [5.41, 5.74) is 25.8. The maximum absolute atomic E-state index is 5.88. The highest BCUT2D eigenvalue weighted by Gasteiger charge is 2.06. The van der Waals surface area contributed by atoms with Crippen molar-refractivity contribution in [2.75, 3.05) is 36.1 Å². The molecule has 0 amide bonds. The number of nitrogens with zero attached hydrogens (tertiary/aromatic N) is 2. The molecule has 0 aliphatic rings. The van der Waals surface area contributed by atoms with Gasteiger partial charge in [-0.1, -0.05) is 0 Å². The fourth-order valence-corrected chi connectivity index (χ4v) is 2.91. The van der Waals surface area contributed by atoms with Crippen LogP contribution in [-0.4, -0.2) is 23.3 Å². The van der Waals surface area contributed by atoms with Gasteiger partial charge in [-0.2, -0.15) is 0 Å². The molecule has 9 nitrogen and oxygen atoms in total. The molecule has 0 saturated carbocycles. The van der Waals surface area contributed by atoms with Crippen LogP contribution in [0.15, 0.2) is 55.1 Å². The molecule has 0 aliphatic carbocycles. The summed E-state index contributed by atoms with van der Waals surface area (Å²) in [6, 6.07) is 10.5. The molecular formula is C21H31ClN6O3. The number of anilines is 4. The van der Waals surface area contributed by atoms with Crippen molar-refractivity contribution >= 4 is 22.7 Å². The lowest BCUT2D eigenvalue weighted by atomic mass is 10.2. The van der Waals surface area contributed by atoms with Gasteiger partial charge in [0, 0.05) is 36.3 Å². The normalized spacial score (nSPS) is 10.1.